The highest BCUT2D eigenvalue weighted by molar-refractivity contribution is 5.89. The van der Waals surface area contributed by atoms with Gasteiger partial charge in [0.15, 0.2) is 0 Å². The minimum atomic E-state index is -0.898. The van der Waals surface area contributed by atoms with E-state index in [1.54, 1.807) is 0 Å². The van der Waals surface area contributed by atoms with Gasteiger partial charge in [-0.25, -0.2) is 0 Å². The van der Waals surface area contributed by atoms with Gasteiger partial charge in [0.25, 0.3) is 0 Å². The van der Waals surface area contributed by atoms with Crippen molar-refractivity contribution >= 4 is 11.9 Å². The Morgan fingerprint density at radius 1 is 1.28 bits per heavy atom. The summed E-state index contributed by atoms with van der Waals surface area (Å²) < 4.78 is 0. The maximum absolute atomic E-state index is 11.9. The predicted molar refractivity (Wildman–Crippen MR) is 64.8 cm³/mol. The highest BCUT2D eigenvalue weighted by Crippen LogP contribution is 2.40. The molecule has 2 rings (SSSR count). The van der Waals surface area contributed by atoms with E-state index in [1.807, 2.05) is 0 Å². The van der Waals surface area contributed by atoms with Crippen LogP contribution in [0.3, 0.4) is 0 Å². The van der Waals surface area contributed by atoms with Crippen molar-refractivity contribution in [1.29, 1.82) is 0 Å². The average Bonchev–Trinajstić information content (AvgIpc) is 3.13. The fourth-order valence-corrected chi connectivity index (χ4v) is 2.75. The van der Waals surface area contributed by atoms with Crippen molar-refractivity contribution in [3.63, 3.8) is 0 Å². The zero-order chi connectivity index (χ0) is 13.3. The molecule has 0 bridgehead atoms. The second kappa shape index (κ2) is 4.88. The van der Waals surface area contributed by atoms with E-state index in [9.17, 15) is 14.7 Å². The van der Waals surface area contributed by atoms with Gasteiger partial charge >= 0.3 is 5.97 Å². The number of carboxylic acid groups (broad SMARTS) is 1. The minimum Gasteiger partial charge on any atom is -0.481 e. The second-order valence-electron chi connectivity index (χ2n) is 5.90. The number of carbonyl (C=O) groups excluding carboxylic acids is 1. The number of amides is 1. The molecule has 2 aliphatic rings. The number of aliphatic hydroxyl groups is 1. The van der Waals surface area contributed by atoms with E-state index in [1.165, 1.54) is 0 Å². The molecule has 18 heavy (non-hydrogen) atoms. The molecule has 0 saturated heterocycles. The molecule has 5 heteroatoms. The topological polar surface area (TPSA) is 86.6 Å². The summed E-state index contributed by atoms with van der Waals surface area (Å²) >= 11 is 0. The molecule has 0 heterocycles. The number of hydrogen-bond acceptors (Lipinski definition) is 3. The Bertz CT molecular complexity index is 347. The molecule has 0 radical (unpaired) electrons. The van der Waals surface area contributed by atoms with Crippen molar-refractivity contribution in [2.75, 3.05) is 6.61 Å². The van der Waals surface area contributed by atoms with Crippen molar-refractivity contribution in [2.45, 2.75) is 44.6 Å². The first-order valence-electron chi connectivity index (χ1n) is 6.63. The van der Waals surface area contributed by atoms with Crippen LogP contribution in [0.5, 0.6) is 0 Å². The summed E-state index contributed by atoms with van der Waals surface area (Å²) in [5.74, 6) is -1.39. The van der Waals surface area contributed by atoms with Crippen molar-refractivity contribution in [1.82, 2.24) is 5.32 Å². The first-order valence-corrected chi connectivity index (χ1v) is 6.63. The highest BCUT2D eigenvalue weighted by Gasteiger charge is 2.50. The van der Waals surface area contributed by atoms with Crippen LogP contribution in [0.1, 0.15) is 39.0 Å². The average molecular weight is 255 g/mol. The van der Waals surface area contributed by atoms with Gasteiger partial charge in [-0.2, -0.15) is 0 Å². The van der Waals surface area contributed by atoms with E-state index in [0.29, 0.717) is 12.3 Å². The third-order valence-corrected chi connectivity index (χ3v) is 4.37. The van der Waals surface area contributed by atoms with Crippen LogP contribution in [0.25, 0.3) is 0 Å². The summed E-state index contributed by atoms with van der Waals surface area (Å²) in [5, 5.41) is 21.2. The first-order chi connectivity index (χ1) is 8.47. The summed E-state index contributed by atoms with van der Waals surface area (Å²) in [6, 6.07) is 0. The van der Waals surface area contributed by atoms with Crippen LogP contribution in [0.4, 0.5) is 0 Å². The smallest absolute Gasteiger partial charge is 0.307 e. The van der Waals surface area contributed by atoms with Crippen LogP contribution in [0, 0.1) is 17.8 Å². The quantitative estimate of drug-likeness (QED) is 0.692. The Morgan fingerprint density at radius 2 is 1.89 bits per heavy atom. The third kappa shape index (κ3) is 2.66. The van der Waals surface area contributed by atoms with Gasteiger partial charge in [0, 0.05) is 0 Å². The SMILES string of the molecule is CC1CCC(CO)(NC(=O)[C@@H]2C[C@@H]2C(=O)O)CC1. The summed E-state index contributed by atoms with van der Waals surface area (Å²) in [4.78, 5) is 22.7. The van der Waals surface area contributed by atoms with Gasteiger partial charge in [-0.1, -0.05) is 6.92 Å². The molecule has 0 spiro atoms. The lowest BCUT2D eigenvalue weighted by molar-refractivity contribution is -0.140. The molecule has 0 unspecified atom stereocenters. The van der Waals surface area contributed by atoms with Crippen LogP contribution >= 0.6 is 0 Å². The normalized spacial score (nSPS) is 39.1. The third-order valence-electron chi connectivity index (χ3n) is 4.37. The zero-order valence-electron chi connectivity index (χ0n) is 10.7. The lowest BCUT2D eigenvalue weighted by Gasteiger charge is -2.38. The monoisotopic (exact) mass is 255 g/mol. The van der Waals surface area contributed by atoms with E-state index in [4.69, 9.17) is 5.11 Å². The van der Waals surface area contributed by atoms with Crippen molar-refractivity contribution < 1.29 is 19.8 Å². The van der Waals surface area contributed by atoms with E-state index in [0.717, 1.165) is 25.7 Å². The van der Waals surface area contributed by atoms with Gasteiger partial charge in [0.05, 0.1) is 24.0 Å². The lowest BCUT2D eigenvalue weighted by atomic mass is 9.77. The van der Waals surface area contributed by atoms with Crippen LogP contribution in [-0.2, 0) is 9.59 Å². The maximum Gasteiger partial charge on any atom is 0.307 e. The predicted octanol–water partition coefficient (Wildman–Crippen LogP) is 0.764. The molecule has 1 amide bonds. The van der Waals surface area contributed by atoms with Crippen molar-refractivity contribution in [3.05, 3.63) is 0 Å². The molecule has 0 aliphatic heterocycles. The van der Waals surface area contributed by atoms with Gasteiger partial charge in [0.1, 0.15) is 0 Å². The fraction of sp³-hybridized carbons (Fsp3) is 0.846. The number of aliphatic hydroxyl groups excluding tert-OH is 1. The summed E-state index contributed by atoms with van der Waals surface area (Å²) in [7, 11) is 0. The first kappa shape index (κ1) is 13.3. The van der Waals surface area contributed by atoms with Crippen molar-refractivity contribution in [2.24, 2.45) is 17.8 Å². The van der Waals surface area contributed by atoms with Crippen LogP contribution in [0.15, 0.2) is 0 Å². The van der Waals surface area contributed by atoms with Crippen LogP contribution < -0.4 is 5.32 Å². The molecule has 2 aliphatic carbocycles. The maximum atomic E-state index is 11.9. The van der Waals surface area contributed by atoms with Crippen LogP contribution in [-0.4, -0.2) is 34.2 Å². The Labute approximate surface area is 107 Å². The number of carbonyl (C=O) groups is 2. The fourth-order valence-electron chi connectivity index (χ4n) is 2.75. The molecule has 0 aromatic carbocycles. The molecular weight excluding hydrogens is 234 g/mol. The van der Waals surface area contributed by atoms with E-state index in [-0.39, 0.29) is 12.5 Å². The van der Waals surface area contributed by atoms with Crippen LogP contribution in [0.2, 0.25) is 0 Å². The number of aliphatic carboxylic acids is 1. The Balaban J connectivity index is 1.91. The minimum absolute atomic E-state index is 0.0596. The second-order valence-corrected chi connectivity index (χ2v) is 5.90. The highest BCUT2D eigenvalue weighted by atomic mass is 16.4. The molecular formula is C13H21NO4. The number of nitrogens with one attached hydrogen (secondary N) is 1. The molecule has 2 atom stereocenters. The van der Waals surface area contributed by atoms with E-state index in [2.05, 4.69) is 12.2 Å². The van der Waals surface area contributed by atoms with Gasteiger partial charge in [-0.05, 0) is 38.0 Å². The summed E-state index contributed by atoms with van der Waals surface area (Å²) in [5.41, 5.74) is -0.519. The summed E-state index contributed by atoms with van der Waals surface area (Å²) in [6.07, 6.45) is 3.97. The Hall–Kier alpha value is -1.10. The molecule has 5 nitrogen and oxygen atoms in total. The molecule has 2 fully saturated rings. The van der Waals surface area contributed by atoms with Crippen molar-refractivity contribution in [3.8, 4) is 0 Å². The Kier molecular flexibility index (Phi) is 3.61. The van der Waals surface area contributed by atoms with Gasteiger partial charge < -0.3 is 15.5 Å². The molecule has 3 N–H and O–H groups in total. The van der Waals surface area contributed by atoms with Gasteiger partial charge in [0.2, 0.25) is 5.91 Å². The molecule has 0 aromatic heterocycles. The zero-order valence-corrected chi connectivity index (χ0v) is 10.7. The standard InChI is InChI=1S/C13H21NO4/c1-8-2-4-13(7-15,5-3-8)14-11(16)9-6-10(9)12(17)18/h8-10,15H,2-7H2,1H3,(H,14,16)(H,17,18)/t8?,9-,10+,13?/m1/s1. The number of carboxylic acids is 1. The van der Waals surface area contributed by atoms with Gasteiger partial charge in [-0.15, -0.1) is 0 Å². The number of hydrogen-bond donors (Lipinski definition) is 3. The number of rotatable bonds is 4. The lowest BCUT2D eigenvalue weighted by Crippen LogP contribution is -2.54. The largest absolute Gasteiger partial charge is 0.481 e. The van der Waals surface area contributed by atoms with E-state index < -0.39 is 23.3 Å². The summed E-state index contributed by atoms with van der Waals surface area (Å²) in [6.45, 7) is 2.11. The van der Waals surface area contributed by atoms with Gasteiger partial charge in [-0.3, -0.25) is 9.59 Å². The molecule has 102 valence electrons. The molecule has 0 aromatic rings. The van der Waals surface area contributed by atoms with E-state index >= 15 is 0 Å². The molecule has 2 saturated carbocycles. The Morgan fingerprint density at radius 3 is 2.33 bits per heavy atom.